The van der Waals surface area contributed by atoms with Crippen molar-refractivity contribution in [1.82, 2.24) is 0 Å². The molecule has 1 spiro atoms. The molecule has 11 atom stereocenters. The molecule has 2 aliphatic heterocycles. The number of carbonyl (C=O) groups excluding carboxylic acids is 5. The van der Waals surface area contributed by atoms with Gasteiger partial charge in [-0.05, 0) is 30.6 Å². The van der Waals surface area contributed by atoms with E-state index in [9.17, 15) is 39.3 Å². The normalized spacial score (nSPS) is 42.3. The Labute approximate surface area is 260 Å². The van der Waals surface area contributed by atoms with Gasteiger partial charge in [-0.3, -0.25) is 24.0 Å². The van der Waals surface area contributed by atoms with Crippen LogP contribution in [0.2, 0.25) is 0 Å². The molecule has 0 aromatic carbocycles. The molecule has 1 saturated carbocycles. The molecule has 2 saturated heterocycles. The largest absolute Gasteiger partial charge is 0.461 e. The second kappa shape index (κ2) is 12.5. The number of fused-ring (bicyclic) bond motifs is 3. The maximum Gasteiger partial charge on any atom is 0.312 e. The van der Waals surface area contributed by atoms with Crippen molar-refractivity contribution < 1.29 is 67.7 Å². The Bertz CT molecular complexity index is 1280. The van der Waals surface area contributed by atoms with Crippen molar-refractivity contribution in [2.45, 2.75) is 103 Å². The number of hydrogen-bond donors (Lipinski definition) is 3. The highest BCUT2D eigenvalue weighted by Gasteiger charge is 2.79. The lowest BCUT2D eigenvalue weighted by atomic mass is 9.51. The third-order valence-electron chi connectivity index (χ3n) is 9.25. The minimum Gasteiger partial charge on any atom is -0.461 e. The first-order valence-corrected chi connectivity index (χ1v) is 14.9. The van der Waals surface area contributed by atoms with Gasteiger partial charge in [-0.2, -0.15) is 0 Å². The van der Waals surface area contributed by atoms with Crippen molar-refractivity contribution in [3.05, 3.63) is 23.8 Å². The van der Waals surface area contributed by atoms with Crippen LogP contribution in [0.5, 0.6) is 0 Å². The van der Waals surface area contributed by atoms with Crippen LogP contribution in [0.1, 0.15) is 54.9 Å². The molecule has 3 fully saturated rings. The summed E-state index contributed by atoms with van der Waals surface area (Å²) in [5.41, 5.74) is -5.66. The number of hydrogen-bond acceptors (Lipinski definition) is 14. The lowest BCUT2D eigenvalue weighted by Crippen LogP contribution is -2.75. The van der Waals surface area contributed by atoms with Crippen LogP contribution in [0, 0.1) is 23.2 Å². The van der Waals surface area contributed by atoms with Gasteiger partial charge in [0.05, 0.1) is 17.9 Å². The molecule has 14 heteroatoms. The Morgan fingerprint density at radius 3 is 2.18 bits per heavy atom. The molecule has 14 nitrogen and oxygen atoms in total. The van der Waals surface area contributed by atoms with Gasteiger partial charge < -0.3 is 43.7 Å². The zero-order valence-electron chi connectivity index (χ0n) is 26.4. The molecule has 3 N–H and O–H groups in total. The molecule has 4 rings (SSSR count). The number of rotatable bonds is 7. The number of aliphatic hydroxyl groups excluding tert-OH is 2. The second-order valence-corrected chi connectivity index (χ2v) is 12.9. The second-order valence-electron chi connectivity index (χ2n) is 12.9. The maximum absolute atomic E-state index is 13.1. The fourth-order valence-electron chi connectivity index (χ4n) is 7.02. The average Bonchev–Trinajstić information content (AvgIpc) is 3.69. The van der Waals surface area contributed by atoms with Crippen molar-refractivity contribution in [1.29, 1.82) is 0 Å². The van der Waals surface area contributed by atoms with Crippen LogP contribution in [0.3, 0.4) is 0 Å². The molecule has 0 aromatic heterocycles. The topological polar surface area (TPSA) is 205 Å². The van der Waals surface area contributed by atoms with Crippen LogP contribution >= 0.6 is 0 Å². The van der Waals surface area contributed by atoms with Crippen molar-refractivity contribution in [3.63, 3.8) is 0 Å². The monoisotopic (exact) mass is 638 g/mol. The van der Waals surface area contributed by atoms with Crippen molar-refractivity contribution in [3.8, 4) is 0 Å². The molecule has 0 amide bonds. The summed E-state index contributed by atoms with van der Waals surface area (Å²) >= 11 is 0. The van der Waals surface area contributed by atoms with Gasteiger partial charge in [-0.1, -0.05) is 26.8 Å². The van der Waals surface area contributed by atoms with E-state index in [0.717, 1.165) is 13.8 Å². The zero-order chi connectivity index (χ0) is 33.6. The number of carbonyl (C=O) groups is 5. The summed E-state index contributed by atoms with van der Waals surface area (Å²) < 4.78 is 34.1. The summed E-state index contributed by atoms with van der Waals surface area (Å²) in [6.45, 7) is 9.28. The quantitative estimate of drug-likeness (QED) is 0.195. The Kier molecular flexibility index (Phi) is 9.56. The summed E-state index contributed by atoms with van der Waals surface area (Å²) in [6, 6.07) is 0. The third kappa shape index (κ3) is 6.12. The summed E-state index contributed by atoms with van der Waals surface area (Å²) in [4.78, 5) is 63.3. The molecule has 0 radical (unpaired) electrons. The van der Waals surface area contributed by atoms with Crippen molar-refractivity contribution in [2.75, 3.05) is 13.2 Å². The minimum atomic E-state index is -2.35. The van der Waals surface area contributed by atoms with E-state index in [4.69, 9.17) is 28.4 Å². The first kappa shape index (κ1) is 34.5. The van der Waals surface area contributed by atoms with Gasteiger partial charge in [0.15, 0.2) is 11.7 Å². The molecule has 0 bridgehead atoms. The van der Waals surface area contributed by atoms with E-state index in [2.05, 4.69) is 0 Å². The first-order valence-electron chi connectivity index (χ1n) is 14.9. The van der Waals surface area contributed by atoms with Crippen LogP contribution in [0.4, 0.5) is 0 Å². The highest BCUT2D eigenvalue weighted by Crippen LogP contribution is 2.62. The number of epoxide rings is 1. The Balaban J connectivity index is 2.06. The standard InChI is InChI=1S/C31H42O14/c1-14(2)10-22(35)45-26-23(36)25(37)30(13-41-30)24-27(43-18(6)34)31(39)15(3)28(38)44-21(31)11-19(12-40-16(4)32)8-9-20(29(24,26)7)42-17(5)33/h8-9,11,14-15,20-21,23-27,36-37,39H,10,12-13H2,1-7H3/b9-8-,19-11-/t15-,20-,21-,23-,24+,25+,26-,27-,29+,30-,31-/m0/s1. The molecular formula is C31H42O14. The molecule has 45 heavy (non-hydrogen) atoms. The lowest BCUT2D eigenvalue weighted by molar-refractivity contribution is -0.274. The third-order valence-corrected chi connectivity index (χ3v) is 9.25. The smallest absolute Gasteiger partial charge is 0.312 e. The van der Waals surface area contributed by atoms with E-state index in [1.807, 2.05) is 0 Å². The number of ether oxygens (including phenoxy) is 6. The molecule has 0 aromatic rings. The van der Waals surface area contributed by atoms with Gasteiger partial charge in [0, 0.05) is 33.1 Å². The predicted octanol–water partition coefficient (Wildman–Crippen LogP) is 0.287. The Morgan fingerprint density at radius 2 is 1.64 bits per heavy atom. The average molecular weight is 639 g/mol. The molecule has 2 aliphatic carbocycles. The lowest BCUT2D eigenvalue weighted by Gasteiger charge is -2.58. The Morgan fingerprint density at radius 1 is 1.02 bits per heavy atom. The summed E-state index contributed by atoms with van der Waals surface area (Å²) in [5, 5.41) is 35.7. The minimum absolute atomic E-state index is 0.0657. The highest BCUT2D eigenvalue weighted by molar-refractivity contribution is 5.78. The van der Waals surface area contributed by atoms with Gasteiger partial charge in [-0.25, -0.2) is 0 Å². The van der Waals surface area contributed by atoms with Crippen LogP contribution in [-0.4, -0.2) is 106 Å². The van der Waals surface area contributed by atoms with Gasteiger partial charge >= 0.3 is 29.8 Å². The van der Waals surface area contributed by atoms with Gasteiger partial charge in [0.25, 0.3) is 0 Å². The number of aliphatic hydroxyl groups is 3. The summed E-state index contributed by atoms with van der Waals surface area (Å²) in [5.74, 6) is -6.74. The molecular weight excluding hydrogens is 596 g/mol. The molecule has 2 heterocycles. The maximum atomic E-state index is 13.1. The molecule has 4 aliphatic rings. The predicted molar refractivity (Wildman–Crippen MR) is 151 cm³/mol. The van der Waals surface area contributed by atoms with Crippen molar-refractivity contribution in [2.24, 2.45) is 23.2 Å². The zero-order valence-corrected chi connectivity index (χ0v) is 26.4. The molecule has 250 valence electrons. The van der Waals surface area contributed by atoms with E-state index < -0.39 is 94.9 Å². The van der Waals surface area contributed by atoms with Gasteiger partial charge in [0.2, 0.25) is 0 Å². The first-order chi connectivity index (χ1) is 20.9. The van der Waals surface area contributed by atoms with Gasteiger partial charge in [0.1, 0.15) is 42.7 Å². The summed E-state index contributed by atoms with van der Waals surface area (Å²) in [7, 11) is 0. The fourth-order valence-corrected chi connectivity index (χ4v) is 7.02. The summed E-state index contributed by atoms with van der Waals surface area (Å²) in [6.07, 6.45) is -5.67. The van der Waals surface area contributed by atoms with Crippen LogP contribution < -0.4 is 0 Å². The van der Waals surface area contributed by atoms with E-state index >= 15 is 0 Å². The van der Waals surface area contributed by atoms with Crippen LogP contribution in [0.15, 0.2) is 23.8 Å². The van der Waals surface area contributed by atoms with Crippen LogP contribution in [0.25, 0.3) is 0 Å². The van der Waals surface area contributed by atoms with E-state index in [1.165, 1.54) is 39.0 Å². The SMILES string of the molecule is CC(=O)OCC1=C\[C@@H]2OC(=O)[C@H](C)[C@@]2(O)[C@@H](OC(C)=O)[C@H]2[C@@]3(CO3)[C@H](O)[C@H](O)[C@H](OC(=O)CC(C)C)[C@]2(C)[C@@H](OC(C)=O)/C=C\1. The van der Waals surface area contributed by atoms with Gasteiger partial charge in [-0.15, -0.1) is 0 Å². The van der Waals surface area contributed by atoms with E-state index in [0.29, 0.717) is 0 Å². The highest BCUT2D eigenvalue weighted by atomic mass is 16.6. The van der Waals surface area contributed by atoms with Crippen molar-refractivity contribution >= 4 is 29.8 Å². The van der Waals surface area contributed by atoms with E-state index in [-0.39, 0.29) is 31.1 Å². The van der Waals surface area contributed by atoms with E-state index in [1.54, 1.807) is 13.8 Å². The molecule has 0 unspecified atom stereocenters. The Hall–Kier alpha value is -3.33. The fraction of sp³-hybridized carbons (Fsp3) is 0.710. The number of esters is 5. The van der Waals surface area contributed by atoms with Crippen LogP contribution in [-0.2, 0) is 52.4 Å².